The van der Waals surface area contributed by atoms with Crippen molar-refractivity contribution in [1.82, 2.24) is 4.90 Å². The molecule has 128 valence electrons. The van der Waals surface area contributed by atoms with Gasteiger partial charge in [0, 0.05) is 38.4 Å². The van der Waals surface area contributed by atoms with Gasteiger partial charge >= 0.3 is 6.09 Å². The summed E-state index contributed by atoms with van der Waals surface area (Å²) in [5.74, 6) is -0.281. The highest BCUT2D eigenvalue weighted by atomic mass is 19.1. The average Bonchev–Trinajstić information content (AvgIpc) is 2.70. The van der Waals surface area contributed by atoms with Crippen molar-refractivity contribution in [3.05, 3.63) is 29.6 Å². The van der Waals surface area contributed by atoms with Crippen molar-refractivity contribution in [3.8, 4) is 0 Å². The van der Waals surface area contributed by atoms with E-state index >= 15 is 0 Å². The fourth-order valence-corrected chi connectivity index (χ4v) is 2.62. The van der Waals surface area contributed by atoms with Gasteiger partial charge in [0.05, 0.1) is 0 Å². The molecule has 0 aromatic heterocycles. The standard InChI is InChI=1S/C17H26FN3O2/c1-17(2,3)23-16(22)21-6-4-5-20(7-8-21)15-10-13(12-19)9-14(18)11-15/h9-11H,4-8,12,19H2,1-3H3. The number of rotatable bonds is 2. The lowest BCUT2D eigenvalue weighted by Gasteiger charge is -2.27. The summed E-state index contributed by atoms with van der Waals surface area (Å²) in [5, 5.41) is 0. The number of benzene rings is 1. The van der Waals surface area contributed by atoms with E-state index in [0.717, 1.165) is 24.2 Å². The number of nitrogens with two attached hydrogens (primary N) is 1. The fourth-order valence-electron chi connectivity index (χ4n) is 2.62. The number of carbonyl (C=O) groups is 1. The predicted octanol–water partition coefficient (Wildman–Crippen LogP) is 2.73. The minimum atomic E-state index is -0.498. The Labute approximate surface area is 137 Å². The number of ether oxygens (including phenoxy) is 1. The van der Waals surface area contributed by atoms with Gasteiger partial charge in [-0.3, -0.25) is 0 Å². The van der Waals surface area contributed by atoms with E-state index in [4.69, 9.17) is 10.5 Å². The SMILES string of the molecule is CC(C)(C)OC(=O)N1CCCN(c2cc(F)cc(CN)c2)CC1. The van der Waals surface area contributed by atoms with Gasteiger partial charge in [-0.05, 0) is 51.0 Å². The first-order valence-corrected chi connectivity index (χ1v) is 8.01. The number of halogens is 1. The van der Waals surface area contributed by atoms with Gasteiger partial charge < -0.3 is 20.3 Å². The van der Waals surface area contributed by atoms with E-state index in [1.807, 2.05) is 26.8 Å². The Hall–Kier alpha value is -1.82. The molecule has 0 bridgehead atoms. The van der Waals surface area contributed by atoms with Gasteiger partial charge in [-0.2, -0.15) is 0 Å². The van der Waals surface area contributed by atoms with Crippen molar-refractivity contribution in [1.29, 1.82) is 0 Å². The molecule has 0 unspecified atom stereocenters. The van der Waals surface area contributed by atoms with Crippen LogP contribution < -0.4 is 10.6 Å². The van der Waals surface area contributed by atoms with Crippen LogP contribution in [-0.2, 0) is 11.3 Å². The summed E-state index contributed by atoms with van der Waals surface area (Å²) in [6.07, 6.45) is 0.523. The van der Waals surface area contributed by atoms with Crippen LogP contribution in [0.1, 0.15) is 32.8 Å². The first-order chi connectivity index (χ1) is 10.8. The molecule has 0 spiro atoms. The van der Waals surface area contributed by atoms with Gasteiger partial charge in [-0.25, -0.2) is 9.18 Å². The number of nitrogens with zero attached hydrogens (tertiary/aromatic N) is 2. The maximum Gasteiger partial charge on any atom is 0.410 e. The molecule has 0 atom stereocenters. The molecule has 1 aliphatic rings. The molecule has 6 heteroatoms. The van der Waals surface area contributed by atoms with Crippen molar-refractivity contribution in [2.24, 2.45) is 5.73 Å². The smallest absolute Gasteiger partial charge is 0.410 e. The van der Waals surface area contributed by atoms with Gasteiger partial charge in [0.25, 0.3) is 0 Å². The molecular weight excluding hydrogens is 297 g/mol. The van der Waals surface area contributed by atoms with Gasteiger partial charge in [-0.1, -0.05) is 0 Å². The average molecular weight is 323 g/mol. The van der Waals surface area contributed by atoms with Crippen LogP contribution in [0, 0.1) is 5.82 Å². The zero-order valence-electron chi connectivity index (χ0n) is 14.1. The monoisotopic (exact) mass is 323 g/mol. The number of hydrogen-bond acceptors (Lipinski definition) is 4. The van der Waals surface area contributed by atoms with Crippen LogP contribution in [0.25, 0.3) is 0 Å². The molecular formula is C17H26FN3O2. The molecule has 2 rings (SSSR count). The summed E-state index contributed by atoms with van der Waals surface area (Å²) < 4.78 is 19.1. The molecule has 1 heterocycles. The molecule has 1 aromatic rings. The van der Waals surface area contributed by atoms with Gasteiger partial charge in [0.15, 0.2) is 0 Å². The van der Waals surface area contributed by atoms with E-state index in [0.29, 0.717) is 26.2 Å². The zero-order chi connectivity index (χ0) is 17.0. The molecule has 23 heavy (non-hydrogen) atoms. The van der Waals surface area contributed by atoms with Crippen molar-refractivity contribution >= 4 is 11.8 Å². The van der Waals surface area contributed by atoms with E-state index in [-0.39, 0.29) is 11.9 Å². The summed E-state index contributed by atoms with van der Waals surface area (Å²) in [6, 6.07) is 4.88. The van der Waals surface area contributed by atoms with E-state index in [1.54, 1.807) is 4.90 Å². The Kier molecular flexibility index (Phi) is 5.46. The van der Waals surface area contributed by atoms with Gasteiger partial charge in [0.1, 0.15) is 11.4 Å². The van der Waals surface area contributed by atoms with Gasteiger partial charge in [-0.15, -0.1) is 0 Å². The lowest BCUT2D eigenvalue weighted by atomic mass is 10.1. The highest BCUT2D eigenvalue weighted by molar-refractivity contribution is 5.68. The van der Waals surface area contributed by atoms with E-state index in [1.165, 1.54) is 12.1 Å². The Balaban J connectivity index is 2.04. The Bertz CT molecular complexity index is 557. The molecule has 1 amide bonds. The van der Waals surface area contributed by atoms with E-state index in [2.05, 4.69) is 4.90 Å². The molecule has 5 nitrogen and oxygen atoms in total. The number of hydrogen-bond donors (Lipinski definition) is 1. The zero-order valence-corrected chi connectivity index (χ0v) is 14.1. The number of amides is 1. The molecule has 1 fully saturated rings. The largest absolute Gasteiger partial charge is 0.444 e. The molecule has 1 saturated heterocycles. The molecule has 0 saturated carbocycles. The number of anilines is 1. The summed E-state index contributed by atoms with van der Waals surface area (Å²) in [5.41, 5.74) is 6.70. The van der Waals surface area contributed by atoms with Crippen LogP contribution in [0.2, 0.25) is 0 Å². The minimum Gasteiger partial charge on any atom is -0.444 e. The third kappa shape index (κ3) is 5.10. The highest BCUT2D eigenvalue weighted by Crippen LogP contribution is 2.21. The Morgan fingerprint density at radius 3 is 2.61 bits per heavy atom. The van der Waals surface area contributed by atoms with Crippen LogP contribution in [-0.4, -0.2) is 42.8 Å². The summed E-state index contributed by atoms with van der Waals surface area (Å²) >= 11 is 0. The lowest BCUT2D eigenvalue weighted by Crippen LogP contribution is -2.39. The van der Waals surface area contributed by atoms with Crippen molar-refractivity contribution in [2.75, 3.05) is 31.1 Å². The Morgan fingerprint density at radius 2 is 1.96 bits per heavy atom. The molecule has 0 aliphatic carbocycles. The van der Waals surface area contributed by atoms with Crippen LogP contribution >= 0.6 is 0 Å². The second-order valence-corrected chi connectivity index (χ2v) is 6.83. The van der Waals surface area contributed by atoms with E-state index in [9.17, 15) is 9.18 Å². The van der Waals surface area contributed by atoms with Crippen molar-refractivity contribution < 1.29 is 13.9 Å². The summed E-state index contributed by atoms with van der Waals surface area (Å²) in [6.45, 7) is 8.50. The van der Waals surface area contributed by atoms with Crippen molar-refractivity contribution in [2.45, 2.75) is 39.3 Å². The van der Waals surface area contributed by atoms with Gasteiger partial charge in [0.2, 0.25) is 0 Å². The van der Waals surface area contributed by atoms with Crippen LogP contribution in [0.5, 0.6) is 0 Å². The molecule has 1 aromatic carbocycles. The van der Waals surface area contributed by atoms with Crippen LogP contribution in [0.3, 0.4) is 0 Å². The third-order valence-electron chi connectivity index (χ3n) is 3.69. The Morgan fingerprint density at radius 1 is 1.22 bits per heavy atom. The third-order valence-corrected chi connectivity index (χ3v) is 3.69. The first kappa shape index (κ1) is 17.5. The quantitative estimate of drug-likeness (QED) is 0.909. The first-order valence-electron chi connectivity index (χ1n) is 8.01. The molecule has 1 aliphatic heterocycles. The topological polar surface area (TPSA) is 58.8 Å². The maximum absolute atomic E-state index is 13.7. The minimum absolute atomic E-state index is 0.281. The maximum atomic E-state index is 13.7. The fraction of sp³-hybridized carbons (Fsp3) is 0.588. The molecule has 0 radical (unpaired) electrons. The van der Waals surface area contributed by atoms with Crippen molar-refractivity contribution in [3.63, 3.8) is 0 Å². The van der Waals surface area contributed by atoms with E-state index < -0.39 is 5.60 Å². The predicted molar refractivity (Wildman–Crippen MR) is 88.9 cm³/mol. The lowest BCUT2D eigenvalue weighted by molar-refractivity contribution is 0.0263. The highest BCUT2D eigenvalue weighted by Gasteiger charge is 2.24. The normalized spacial score (nSPS) is 16.2. The second-order valence-electron chi connectivity index (χ2n) is 6.83. The van der Waals surface area contributed by atoms with Crippen LogP contribution in [0.15, 0.2) is 18.2 Å². The second kappa shape index (κ2) is 7.17. The summed E-state index contributed by atoms with van der Waals surface area (Å²) in [4.78, 5) is 16.0. The molecule has 2 N–H and O–H groups in total. The van der Waals surface area contributed by atoms with Crippen LogP contribution in [0.4, 0.5) is 14.9 Å². The summed E-state index contributed by atoms with van der Waals surface area (Å²) in [7, 11) is 0. The number of carbonyl (C=O) groups excluding carboxylic acids is 1.